The van der Waals surface area contributed by atoms with Crippen molar-refractivity contribution in [2.45, 2.75) is 12.6 Å². The fraction of sp³-hybridized carbons (Fsp3) is 0.316. The van der Waals surface area contributed by atoms with Gasteiger partial charge >= 0.3 is 6.18 Å². The van der Waals surface area contributed by atoms with E-state index in [1.54, 1.807) is 11.0 Å². The first kappa shape index (κ1) is 23.2. The zero-order valence-electron chi connectivity index (χ0n) is 16.0. The Morgan fingerprint density at radius 2 is 1.87 bits per heavy atom. The lowest BCUT2D eigenvalue weighted by atomic mass is 10.1. The number of alkyl halides is 3. The number of nitro benzene ring substituents is 1. The largest absolute Gasteiger partial charge is 0.416 e. The monoisotopic (exact) mass is 520 g/mol. The zero-order valence-corrected chi connectivity index (χ0v) is 18.4. The Morgan fingerprint density at radius 3 is 2.52 bits per heavy atom. The molecule has 2 aromatic carbocycles. The molecule has 31 heavy (non-hydrogen) atoms. The molecule has 0 bridgehead atoms. The van der Waals surface area contributed by atoms with Crippen molar-refractivity contribution in [3.63, 3.8) is 0 Å². The zero-order chi connectivity index (χ0) is 22.8. The van der Waals surface area contributed by atoms with E-state index in [4.69, 9.17) is 12.2 Å². The summed E-state index contributed by atoms with van der Waals surface area (Å²) in [5.41, 5.74) is -0.917. The third-order valence-electron chi connectivity index (χ3n) is 4.80. The molecule has 12 heteroatoms. The molecule has 0 aromatic heterocycles. The molecule has 0 atom stereocenters. The van der Waals surface area contributed by atoms with Crippen LogP contribution in [0.25, 0.3) is 0 Å². The summed E-state index contributed by atoms with van der Waals surface area (Å²) in [6.45, 7) is 1.71. The lowest BCUT2D eigenvalue weighted by Gasteiger charge is -2.26. The molecule has 1 saturated heterocycles. The van der Waals surface area contributed by atoms with E-state index in [0.717, 1.165) is 12.1 Å². The van der Waals surface area contributed by atoms with Crippen molar-refractivity contribution >= 4 is 50.3 Å². The van der Waals surface area contributed by atoms with Gasteiger partial charge in [0.15, 0.2) is 5.11 Å². The lowest BCUT2D eigenvalue weighted by Crippen LogP contribution is -2.38. The maximum atomic E-state index is 13.3. The van der Waals surface area contributed by atoms with E-state index in [1.807, 2.05) is 4.90 Å². The maximum absolute atomic E-state index is 13.3. The minimum atomic E-state index is -4.66. The Kier molecular flexibility index (Phi) is 6.99. The van der Waals surface area contributed by atoms with E-state index in [-0.39, 0.29) is 5.69 Å². The van der Waals surface area contributed by atoms with Crippen LogP contribution in [0, 0.1) is 15.9 Å². The van der Waals surface area contributed by atoms with E-state index in [2.05, 4.69) is 21.2 Å². The van der Waals surface area contributed by atoms with Crippen LogP contribution in [0.3, 0.4) is 0 Å². The molecule has 1 heterocycles. The van der Waals surface area contributed by atoms with Crippen molar-refractivity contribution in [1.82, 2.24) is 4.90 Å². The first-order valence-corrected chi connectivity index (χ1v) is 10.4. The Balaban J connectivity index is 1.74. The van der Waals surface area contributed by atoms with Gasteiger partial charge in [-0.05, 0) is 64.9 Å². The van der Waals surface area contributed by atoms with Crippen LogP contribution in [0.2, 0.25) is 0 Å². The number of halogens is 5. The molecule has 1 fully saturated rings. The summed E-state index contributed by atoms with van der Waals surface area (Å²) >= 11 is 8.70. The van der Waals surface area contributed by atoms with Gasteiger partial charge < -0.3 is 15.1 Å². The van der Waals surface area contributed by atoms with Gasteiger partial charge in [0.1, 0.15) is 11.5 Å². The summed E-state index contributed by atoms with van der Waals surface area (Å²) in [6, 6.07) is 6.70. The van der Waals surface area contributed by atoms with E-state index >= 15 is 0 Å². The Bertz CT molecular complexity index is 1010. The topological polar surface area (TPSA) is 61.7 Å². The second-order valence-electron chi connectivity index (χ2n) is 6.84. The first-order valence-electron chi connectivity index (χ1n) is 9.18. The molecule has 166 valence electrons. The van der Waals surface area contributed by atoms with Crippen molar-refractivity contribution in [2.24, 2.45) is 0 Å². The van der Waals surface area contributed by atoms with Crippen molar-refractivity contribution in [3.05, 3.63) is 62.4 Å². The van der Waals surface area contributed by atoms with Crippen LogP contribution in [0.1, 0.15) is 12.0 Å². The molecule has 3 rings (SSSR count). The van der Waals surface area contributed by atoms with E-state index in [9.17, 15) is 27.7 Å². The highest BCUT2D eigenvalue weighted by Crippen LogP contribution is 2.36. The predicted molar refractivity (Wildman–Crippen MR) is 117 cm³/mol. The molecule has 0 amide bonds. The Labute approximate surface area is 189 Å². The molecule has 0 spiro atoms. The number of nitrogens with one attached hydrogen (secondary N) is 1. The van der Waals surface area contributed by atoms with Crippen molar-refractivity contribution < 1.29 is 22.5 Å². The average molecular weight is 521 g/mol. The molecular formula is C19H17BrF4N4O2S. The standard InChI is InChI=1S/C19H17BrF4N4O2S/c20-14-11-13(21)3-4-15(14)25-18(31)27-7-1-6-26(8-9-27)16-5-2-12(19(22,23)24)10-17(16)28(29)30/h2-5,10-11H,1,6-9H2,(H,25,31). The van der Waals surface area contributed by atoms with Crippen LogP contribution >= 0.6 is 28.1 Å². The molecular weight excluding hydrogens is 504 g/mol. The van der Waals surface area contributed by atoms with Crippen molar-refractivity contribution in [3.8, 4) is 0 Å². The van der Waals surface area contributed by atoms with Crippen LogP contribution in [0.15, 0.2) is 40.9 Å². The van der Waals surface area contributed by atoms with Crippen molar-refractivity contribution in [2.75, 3.05) is 36.4 Å². The smallest absolute Gasteiger partial charge is 0.364 e. The summed E-state index contributed by atoms with van der Waals surface area (Å²) in [7, 11) is 0. The molecule has 0 aliphatic carbocycles. The number of nitrogens with zero attached hydrogens (tertiary/aromatic N) is 3. The van der Waals surface area contributed by atoms with Crippen LogP contribution in [-0.2, 0) is 6.18 Å². The number of nitro groups is 1. The van der Waals surface area contributed by atoms with Crippen LogP contribution in [0.4, 0.5) is 34.6 Å². The van der Waals surface area contributed by atoms with Gasteiger partial charge in [-0.2, -0.15) is 13.2 Å². The van der Waals surface area contributed by atoms with Gasteiger partial charge in [-0.3, -0.25) is 10.1 Å². The van der Waals surface area contributed by atoms with Crippen LogP contribution in [-0.4, -0.2) is 41.1 Å². The second-order valence-corrected chi connectivity index (χ2v) is 8.08. The summed E-state index contributed by atoms with van der Waals surface area (Å²) < 4.78 is 52.6. The molecule has 1 aliphatic rings. The molecule has 6 nitrogen and oxygen atoms in total. The molecule has 0 saturated carbocycles. The molecule has 1 aliphatic heterocycles. The normalized spacial score (nSPS) is 14.9. The molecule has 0 unspecified atom stereocenters. The summed E-state index contributed by atoms with van der Waals surface area (Å²) in [5.74, 6) is -0.396. The highest BCUT2D eigenvalue weighted by Gasteiger charge is 2.34. The van der Waals surface area contributed by atoms with Gasteiger partial charge in [0.2, 0.25) is 0 Å². The number of benzene rings is 2. The fourth-order valence-electron chi connectivity index (χ4n) is 3.26. The first-order chi connectivity index (χ1) is 14.6. The van der Waals surface area contributed by atoms with Gasteiger partial charge in [-0.15, -0.1) is 0 Å². The van der Waals surface area contributed by atoms with E-state index in [1.165, 1.54) is 12.1 Å². The number of hydrogen-bond donors (Lipinski definition) is 1. The van der Waals surface area contributed by atoms with Crippen LogP contribution in [0.5, 0.6) is 0 Å². The van der Waals surface area contributed by atoms with Gasteiger partial charge in [-0.1, -0.05) is 0 Å². The lowest BCUT2D eigenvalue weighted by molar-refractivity contribution is -0.384. The third-order valence-corrected chi connectivity index (χ3v) is 5.81. The number of rotatable bonds is 3. The summed E-state index contributed by atoms with van der Waals surface area (Å²) in [6.07, 6.45) is -4.07. The molecule has 1 N–H and O–H groups in total. The average Bonchev–Trinajstić information content (AvgIpc) is 2.95. The fourth-order valence-corrected chi connectivity index (χ4v) is 4.00. The van der Waals surface area contributed by atoms with Gasteiger partial charge in [0.25, 0.3) is 5.69 Å². The Morgan fingerprint density at radius 1 is 1.13 bits per heavy atom. The highest BCUT2D eigenvalue weighted by molar-refractivity contribution is 9.10. The highest BCUT2D eigenvalue weighted by atomic mass is 79.9. The van der Waals surface area contributed by atoms with Crippen LogP contribution < -0.4 is 10.2 Å². The predicted octanol–water partition coefficient (Wildman–Crippen LogP) is 5.42. The minimum absolute atomic E-state index is 0.139. The van der Waals surface area contributed by atoms with E-state index < -0.39 is 28.2 Å². The van der Waals surface area contributed by atoms with Gasteiger partial charge in [0.05, 0.1) is 16.2 Å². The minimum Gasteiger partial charge on any atom is -0.364 e. The molecule has 2 aromatic rings. The SMILES string of the molecule is O=[N+]([O-])c1cc(C(F)(F)F)ccc1N1CCCN(C(=S)Nc2ccc(F)cc2Br)CC1. The quantitative estimate of drug-likeness (QED) is 0.252. The number of anilines is 2. The molecule has 0 radical (unpaired) electrons. The van der Waals surface area contributed by atoms with Gasteiger partial charge in [0, 0.05) is 36.7 Å². The number of hydrogen-bond acceptors (Lipinski definition) is 4. The second kappa shape index (κ2) is 9.35. The van der Waals surface area contributed by atoms with E-state index in [0.29, 0.717) is 53.9 Å². The number of thiocarbonyl (C=S) groups is 1. The Hall–Kier alpha value is -2.47. The van der Waals surface area contributed by atoms with Crippen molar-refractivity contribution in [1.29, 1.82) is 0 Å². The summed E-state index contributed by atoms with van der Waals surface area (Å²) in [5, 5.41) is 14.8. The summed E-state index contributed by atoms with van der Waals surface area (Å²) in [4.78, 5) is 14.2. The maximum Gasteiger partial charge on any atom is 0.416 e. The van der Waals surface area contributed by atoms with Gasteiger partial charge in [-0.25, -0.2) is 4.39 Å². The third kappa shape index (κ3) is 5.62.